The van der Waals surface area contributed by atoms with Crippen LogP contribution in [-0.2, 0) is 6.54 Å². The molecule has 3 heterocycles. The number of ether oxygens (including phenoxy) is 2. The first kappa shape index (κ1) is 19.8. The van der Waals surface area contributed by atoms with E-state index in [4.69, 9.17) is 21.1 Å². The molecule has 4 rings (SSSR count). The summed E-state index contributed by atoms with van der Waals surface area (Å²) >= 11 is 6.46. The fourth-order valence-electron chi connectivity index (χ4n) is 3.78. The first-order valence-electron chi connectivity index (χ1n) is 9.38. The van der Waals surface area contributed by atoms with Gasteiger partial charge < -0.3 is 19.9 Å². The van der Waals surface area contributed by atoms with E-state index >= 15 is 0 Å². The zero-order chi connectivity index (χ0) is 20.6. The molecule has 0 aliphatic carbocycles. The maximum atomic E-state index is 13.0. The molecule has 154 valence electrons. The Balaban J connectivity index is 1.77. The Kier molecular flexibility index (Phi) is 5.24. The molecule has 0 spiro atoms. The highest BCUT2D eigenvalue weighted by Crippen LogP contribution is 2.32. The number of rotatable bonds is 5. The summed E-state index contributed by atoms with van der Waals surface area (Å²) < 4.78 is 13.8. The lowest BCUT2D eigenvalue weighted by Gasteiger charge is -2.32. The molecule has 1 aliphatic rings. The number of aromatic nitrogens is 3. The Labute approximate surface area is 172 Å². The molecule has 0 saturated carbocycles. The average Bonchev–Trinajstić information content (AvgIpc) is 3.06. The number of nitrogens with one attached hydrogen (secondary N) is 1. The summed E-state index contributed by atoms with van der Waals surface area (Å²) in [6.07, 6.45) is 2.65. The number of halogens is 1. The van der Waals surface area contributed by atoms with Crippen molar-refractivity contribution >= 4 is 22.6 Å². The molecular weight excluding hydrogens is 396 g/mol. The van der Waals surface area contributed by atoms with Gasteiger partial charge in [-0.3, -0.25) is 13.9 Å². The second-order valence-electron chi connectivity index (χ2n) is 7.23. The average molecular weight is 419 g/mol. The Bertz CT molecular complexity index is 1100. The number of hydrogen-bond donors (Lipinski definition) is 2. The van der Waals surface area contributed by atoms with Gasteiger partial charge in [-0.05, 0) is 44.1 Å². The predicted molar refractivity (Wildman–Crippen MR) is 110 cm³/mol. The Hall–Kier alpha value is -2.55. The zero-order valence-corrected chi connectivity index (χ0v) is 17.1. The molecule has 1 aromatic carbocycles. The fourth-order valence-corrected chi connectivity index (χ4v) is 4.06. The summed E-state index contributed by atoms with van der Waals surface area (Å²) in [5.41, 5.74) is -0.00621. The number of nitrogens with zero attached hydrogens (tertiary/aromatic N) is 3. The maximum Gasteiger partial charge on any atom is 0.262 e. The highest BCUT2D eigenvalue weighted by molar-refractivity contribution is 6.31. The summed E-state index contributed by atoms with van der Waals surface area (Å²) in [6.45, 7) is 1.65. The SMILES string of the molecule is COc1ccc(-n2c(Cl)cc3c(=O)n(CC4(O)CCNCC4)cnc32)cc1OC. The van der Waals surface area contributed by atoms with Gasteiger partial charge in [0.1, 0.15) is 11.5 Å². The van der Waals surface area contributed by atoms with Crippen molar-refractivity contribution in [1.82, 2.24) is 19.4 Å². The monoisotopic (exact) mass is 418 g/mol. The van der Waals surface area contributed by atoms with Gasteiger partial charge in [0.25, 0.3) is 5.56 Å². The van der Waals surface area contributed by atoms with Gasteiger partial charge in [-0.2, -0.15) is 0 Å². The molecular formula is C20H23ClN4O4. The van der Waals surface area contributed by atoms with Crippen LogP contribution in [0, 0.1) is 0 Å². The number of piperidine rings is 1. The molecule has 0 bridgehead atoms. The molecule has 29 heavy (non-hydrogen) atoms. The largest absolute Gasteiger partial charge is 0.493 e. The van der Waals surface area contributed by atoms with Crippen LogP contribution in [0.5, 0.6) is 11.5 Å². The van der Waals surface area contributed by atoms with Crippen LogP contribution in [0.2, 0.25) is 5.15 Å². The maximum absolute atomic E-state index is 13.0. The third-order valence-corrected chi connectivity index (χ3v) is 5.64. The van der Waals surface area contributed by atoms with Gasteiger partial charge in [-0.1, -0.05) is 11.6 Å². The quantitative estimate of drug-likeness (QED) is 0.658. The second-order valence-corrected chi connectivity index (χ2v) is 7.62. The van der Waals surface area contributed by atoms with E-state index in [9.17, 15) is 9.90 Å². The molecule has 1 aliphatic heterocycles. The lowest BCUT2D eigenvalue weighted by Crippen LogP contribution is -2.46. The zero-order valence-electron chi connectivity index (χ0n) is 16.3. The highest BCUT2D eigenvalue weighted by atomic mass is 35.5. The first-order valence-corrected chi connectivity index (χ1v) is 9.75. The number of methoxy groups -OCH3 is 2. The van der Waals surface area contributed by atoms with E-state index in [1.807, 2.05) is 6.07 Å². The van der Waals surface area contributed by atoms with E-state index in [0.29, 0.717) is 46.2 Å². The smallest absolute Gasteiger partial charge is 0.262 e. The van der Waals surface area contributed by atoms with Crippen LogP contribution in [0.4, 0.5) is 0 Å². The molecule has 3 aromatic rings. The van der Waals surface area contributed by atoms with Crippen LogP contribution in [-0.4, -0.2) is 52.1 Å². The molecule has 9 heteroatoms. The lowest BCUT2D eigenvalue weighted by molar-refractivity contribution is -0.00627. The Morgan fingerprint density at radius 2 is 1.93 bits per heavy atom. The second kappa shape index (κ2) is 7.70. The highest BCUT2D eigenvalue weighted by Gasteiger charge is 2.30. The summed E-state index contributed by atoms with van der Waals surface area (Å²) in [6, 6.07) is 6.96. The van der Waals surface area contributed by atoms with E-state index < -0.39 is 5.60 Å². The Morgan fingerprint density at radius 1 is 1.21 bits per heavy atom. The summed E-state index contributed by atoms with van der Waals surface area (Å²) in [4.78, 5) is 17.5. The van der Waals surface area contributed by atoms with Crippen molar-refractivity contribution in [1.29, 1.82) is 0 Å². The van der Waals surface area contributed by atoms with Crippen LogP contribution in [0.25, 0.3) is 16.7 Å². The standard InChI is InChI=1S/C20H23ClN4O4/c1-28-15-4-3-13(9-16(15)29-2)25-17(21)10-14-18(25)23-12-24(19(14)26)11-20(27)5-7-22-8-6-20/h3-4,9-10,12,22,27H,5-8,11H2,1-2H3. The van der Waals surface area contributed by atoms with Crippen LogP contribution in [0.1, 0.15) is 12.8 Å². The van der Waals surface area contributed by atoms with Crippen molar-refractivity contribution in [2.45, 2.75) is 25.0 Å². The summed E-state index contributed by atoms with van der Waals surface area (Å²) in [5, 5.41) is 14.7. The van der Waals surface area contributed by atoms with Crippen LogP contribution < -0.4 is 20.3 Å². The van der Waals surface area contributed by atoms with Crippen molar-refractivity contribution in [3.63, 3.8) is 0 Å². The third kappa shape index (κ3) is 3.59. The van der Waals surface area contributed by atoms with E-state index in [1.54, 1.807) is 37.0 Å². The topological polar surface area (TPSA) is 90.5 Å². The number of hydrogen-bond acceptors (Lipinski definition) is 6. The molecule has 0 atom stereocenters. The number of aliphatic hydroxyl groups is 1. The minimum Gasteiger partial charge on any atom is -0.493 e. The van der Waals surface area contributed by atoms with E-state index in [1.165, 1.54) is 10.9 Å². The van der Waals surface area contributed by atoms with E-state index in [-0.39, 0.29) is 12.1 Å². The lowest BCUT2D eigenvalue weighted by atomic mass is 9.92. The van der Waals surface area contributed by atoms with Gasteiger partial charge in [0.05, 0.1) is 37.4 Å². The first-order chi connectivity index (χ1) is 14.0. The van der Waals surface area contributed by atoms with Crippen LogP contribution in [0.3, 0.4) is 0 Å². The summed E-state index contributed by atoms with van der Waals surface area (Å²) in [7, 11) is 3.12. The van der Waals surface area contributed by atoms with Gasteiger partial charge in [0.2, 0.25) is 0 Å². The van der Waals surface area contributed by atoms with Crippen LogP contribution in [0.15, 0.2) is 35.4 Å². The van der Waals surface area contributed by atoms with Crippen molar-refractivity contribution in [3.8, 4) is 17.2 Å². The predicted octanol–water partition coefficient (Wildman–Crippen LogP) is 1.97. The molecule has 1 saturated heterocycles. The summed E-state index contributed by atoms with van der Waals surface area (Å²) in [5.74, 6) is 1.14. The van der Waals surface area contributed by atoms with Gasteiger partial charge in [-0.25, -0.2) is 4.98 Å². The molecule has 8 nitrogen and oxygen atoms in total. The minimum atomic E-state index is -0.917. The fraction of sp³-hybridized carbons (Fsp3) is 0.400. The van der Waals surface area contributed by atoms with Crippen LogP contribution >= 0.6 is 11.6 Å². The molecule has 2 N–H and O–H groups in total. The van der Waals surface area contributed by atoms with Crippen molar-refractivity contribution < 1.29 is 14.6 Å². The normalized spacial score (nSPS) is 16.1. The minimum absolute atomic E-state index is 0.204. The van der Waals surface area contributed by atoms with Gasteiger partial charge in [0.15, 0.2) is 17.1 Å². The van der Waals surface area contributed by atoms with Gasteiger partial charge in [0, 0.05) is 6.07 Å². The van der Waals surface area contributed by atoms with Crippen molar-refractivity contribution in [3.05, 3.63) is 46.1 Å². The van der Waals surface area contributed by atoms with Crippen molar-refractivity contribution in [2.75, 3.05) is 27.3 Å². The van der Waals surface area contributed by atoms with Gasteiger partial charge >= 0.3 is 0 Å². The van der Waals surface area contributed by atoms with Gasteiger partial charge in [-0.15, -0.1) is 0 Å². The molecule has 0 amide bonds. The molecule has 0 unspecified atom stereocenters. The third-order valence-electron chi connectivity index (χ3n) is 5.36. The van der Waals surface area contributed by atoms with Crippen molar-refractivity contribution in [2.24, 2.45) is 0 Å². The van der Waals surface area contributed by atoms with E-state index in [2.05, 4.69) is 10.3 Å². The van der Waals surface area contributed by atoms with E-state index in [0.717, 1.165) is 13.1 Å². The number of benzene rings is 1. The molecule has 1 fully saturated rings. The Morgan fingerprint density at radius 3 is 2.62 bits per heavy atom. The number of fused-ring (bicyclic) bond motifs is 1. The molecule has 0 radical (unpaired) electrons. The molecule has 2 aromatic heterocycles.